The summed E-state index contributed by atoms with van der Waals surface area (Å²) in [5, 5.41) is 18.6. The lowest BCUT2D eigenvalue weighted by Crippen LogP contribution is -2.42. The van der Waals surface area contributed by atoms with Crippen LogP contribution in [0.1, 0.15) is 33.6 Å². The molecule has 0 aliphatic carbocycles. The summed E-state index contributed by atoms with van der Waals surface area (Å²) in [5.41, 5.74) is 7.68. The normalized spacial score (nSPS) is 15.5. The Morgan fingerprint density at radius 1 is 1.22 bits per heavy atom. The fraction of sp³-hybridized carbons (Fsp3) is 0.520. The van der Waals surface area contributed by atoms with Gasteiger partial charge in [-0.05, 0) is 72.9 Å². The largest absolute Gasteiger partial charge is 0.506 e. The Balaban J connectivity index is 1.54. The second-order valence-electron chi connectivity index (χ2n) is 10.4. The van der Waals surface area contributed by atoms with Crippen molar-refractivity contribution in [3.8, 4) is 17.0 Å². The van der Waals surface area contributed by atoms with Crippen LogP contribution < -0.4 is 11.1 Å². The van der Waals surface area contributed by atoms with Crippen molar-refractivity contribution in [2.45, 2.75) is 51.8 Å². The number of nitrogens with one attached hydrogen (secondary N) is 1. The topological polar surface area (TPSA) is 135 Å². The van der Waals surface area contributed by atoms with Gasteiger partial charge in [-0.3, -0.25) is 5.32 Å². The Labute approximate surface area is 211 Å². The van der Waals surface area contributed by atoms with Crippen LogP contribution in [-0.4, -0.2) is 86.1 Å². The average molecular weight is 497 g/mol. The van der Waals surface area contributed by atoms with E-state index in [0.29, 0.717) is 40.7 Å². The SMILES string of the molecule is CN(C)C1CCN(CCn2nc(-c3ccc(NC(=O)OC(C)(C)C)c(O)c3)c3c(N)ncnc32)CC1. The standard InChI is InChI=1S/C25H36N8O3/c1-25(2,3)36-24(35)29-18-7-6-16(14-19(18)34)21-20-22(26)27-15-28-23(20)33(30-21)13-12-32-10-8-17(9-11-32)31(4)5/h6-7,14-15,17,34H,8-13H2,1-5H3,(H,29,35)(H2,26,27,28). The molecule has 2 aromatic heterocycles. The number of carbonyl (C=O) groups excluding carboxylic acids is 1. The van der Waals surface area contributed by atoms with Gasteiger partial charge in [0.2, 0.25) is 0 Å². The zero-order valence-electron chi connectivity index (χ0n) is 21.7. The molecule has 4 rings (SSSR count). The summed E-state index contributed by atoms with van der Waals surface area (Å²) < 4.78 is 7.12. The van der Waals surface area contributed by atoms with Crippen molar-refractivity contribution in [1.29, 1.82) is 0 Å². The van der Waals surface area contributed by atoms with E-state index in [2.05, 4.69) is 39.2 Å². The number of nitrogen functional groups attached to an aromatic ring is 1. The molecular formula is C25H36N8O3. The number of phenolic OH excluding ortho intramolecular Hbond substituents is 1. The van der Waals surface area contributed by atoms with Crippen LogP contribution in [0.2, 0.25) is 0 Å². The quantitative estimate of drug-likeness (QED) is 0.440. The fourth-order valence-corrected chi connectivity index (χ4v) is 4.48. The van der Waals surface area contributed by atoms with Gasteiger partial charge in [0.05, 0.1) is 17.6 Å². The first-order valence-corrected chi connectivity index (χ1v) is 12.2. The molecular weight excluding hydrogens is 460 g/mol. The zero-order chi connectivity index (χ0) is 26.0. The molecule has 0 bridgehead atoms. The van der Waals surface area contributed by atoms with Crippen molar-refractivity contribution >= 4 is 28.6 Å². The van der Waals surface area contributed by atoms with E-state index in [1.165, 1.54) is 12.4 Å². The number of aromatic nitrogens is 4. The highest BCUT2D eigenvalue weighted by Gasteiger charge is 2.23. The number of aromatic hydroxyl groups is 1. The van der Waals surface area contributed by atoms with Gasteiger partial charge in [-0.1, -0.05) is 6.07 Å². The van der Waals surface area contributed by atoms with E-state index in [1.807, 2.05) is 4.68 Å². The summed E-state index contributed by atoms with van der Waals surface area (Å²) in [6, 6.07) is 5.54. The van der Waals surface area contributed by atoms with Crippen LogP contribution in [0.4, 0.5) is 16.3 Å². The first-order chi connectivity index (χ1) is 17.0. The predicted octanol–water partition coefficient (Wildman–Crippen LogP) is 3.15. The highest BCUT2D eigenvalue weighted by atomic mass is 16.6. The number of phenols is 1. The first kappa shape index (κ1) is 25.6. The number of amides is 1. The van der Waals surface area contributed by atoms with Crippen LogP contribution >= 0.6 is 0 Å². The van der Waals surface area contributed by atoms with Crippen LogP contribution in [0, 0.1) is 0 Å². The smallest absolute Gasteiger partial charge is 0.412 e. The lowest BCUT2D eigenvalue weighted by molar-refractivity contribution is 0.0635. The van der Waals surface area contributed by atoms with Crippen LogP contribution in [0.15, 0.2) is 24.5 Å². The van der Waals surface area contributed by atoms with E-state index in [1.54, 1.807) is 32.9 Å². The molecule has 4 N–H and O–H groups in total. The third-order valence-electron chi connectivity index (χ3n) is 6.38. The van der Waals surface area contributed by atoms with E-state index in [4.69, 9.17) is 15.6 Å². The number of rotatable bonds is 6. The Hall–Kier alpha value is -3.44. The van der Waals surface area contributed by atoms with E-state index in [9.17, 15) is 9.90 Å². The third kappa shape index (κ3) is 5.85. The maximum Gasteiger partial charge on any atom is 0.412 e. The zero-order valence-corrected chi connectivity index (χ0v) is 21.7. The van der Waals surface area contributed by atoms with Crippen molar-refractivity contribution in [3.05, 3.63) is 24.5 Å². The summed E-state index contributed by atoms with van der Waals surface area (Å²) in [6.45, 7) is 8.92. The second kappa shape index (κ2) is 10.3. The summed E-state index contributed by atoms with van der Waals surface area (Å²) in [5.74, 6) is 0.212. The molecule has 11 nitrogen and oxygen atoms in total. The number of hydrogen-bond donors (Lipinski definition) is 3. The van der Waals surface area contributed by atoms with Crippen molar-refractivity contribution < 1.29 is 14.6 Å². The Morgan fingerprint density at radius 2 is 1.94 bits per heavy atom. The molecule has 0 saturated carbocycles. The van der Waals surface area contributed by atoms with E-state index < -0.39 is 11.7 Å². The van der Waals surface area contributed by atoms with Gasteiger partial charge in [0.1, 0.15) is 29.2 Å². The van der Waals surface area contributed by atoms with Gasteiger partial charge in [-0.15, -0.1) is 0 Å². The minimum absolute atomic E-state index is 0.111. The van der Waals surface area contributed by atoms with Crippen molar-refractivity contribution in [2.24, 2.45) is 0 Å². The average Bonchev–Trinajstić information content (AvgIpc) is 3.18. The molecule has 11 heteroatoms. The Morgan fingerprint density at radius 3 is 2.58 bits per heavy atom. The van der Waals surface area contributed by atoms with Crippen molar-refractivity contribution in [3.63, 3.8) is 0 Å². The van der Waals surface area contributed by atoms with Gasteiger partial charge in [0.25, 0.3) is 0 Å². The number of hydrogen-bond acceptors (Lipinski definition) is 9. The number of piperidine rings is 1. The molecule has 1 fully saturated rings. The van der Waals surface area contributed by atoms with Gasteiger partial charge >= 0.3 is 6.09 Å². The molecule has 1 amide bonds. The number of fused-ring (bicyclic) bond motifs is 1. The highest BCUT2D eigenvalue weighted by Crippen LogP contribution is 2.34. The van der Waals surface area contributed by atoms with Gasteiger partial charge in [0.15, 0.2) is 5.65 Å². The van der Waals surface area contributed by atoms with Crippen LogP contribution in [0.3, 0.4) is 0 Å². The van der Waals surface area contributed by atoms with E-state index in [-0.39, 0.29) is 11.4 Å². The predicted molar refractivity (Wildman–Crippen MR) is 140 cm³/mol. The van der Waals surface area contributed by atoms with E-state index >= 15 is 0 Å². The molecule has 3 aromatic rings. The molecule has 0 radical (unpaired) electrons. The lowest BCUT2D eigenvalue weighted by atomic mass is 10.0. The number of anilines is 2. The molecule has 3 heterocycles. The van der Waals surface area contributed by atoms with Gasteiger partial charge in [0, 0.05) is 18.2 Å². The molecule has 1 saturated heterocycles. The minimum Gasteiger partial charge on any atom is -0.506 e. The molecule has 1 aromatic carbocycles. The maximum atomic E-state index is 12.1. The molecule has 1 aliphatic heterocycles. The number of nitrogens with two attached hydrogens (primary N) is 1. The highest BCUT2D eigenvalue weighted by molar-refractivity contribution is 5.99. The fourth-order valence-electron chi connectivity index (χ4n) is 4.48. The molecule has 194 valence electrons. The van der Waals surface area contributed by atoms with Gasteiger partial charge in [-0.2, -0.15) is 5.10 Å². The molecule has 0 spiro atoms. The third-order valence-corrected chi connectivity index (χ3v) is 6.38. The first-order valence-electron chi connectivity index (χ1n) is 12.2. The maximum absolute atomic E-state index is 12.1. The number of ether oxygens (including phenoxy) is 1. The van der Waals surface area contributed by atoms with Gasteiger partial charge in [-0.25, -0.2) is 19.4 Å². The molecule has 36 heavy (non-hydrogen) atoms. The van der Waals surface area contributed by atoms with Crippen molar-refractivity contribution in [2.75, 3.05) is 44.8 Å². The van der Waals surface area contributed by atoms with Crippen LogP contribution in [0.5, 0.6) is 5.75 Å². The van der Waals surface area contributed by atoms with Crippen molar-refractivity contribution in [1.82, 2.24) is 29.5 Å². The number of nitrogens with zero attached hydrogens (tertiary/aromatic N) is 6. The van der Waals surface area contributed by atoms with Crippen LogP contribution in [-0.2, 0) is 11.3 Å². The van der Waals surface area contributed by atoms with Crippen LogP contribution in [0.25, 0.3) is 22.3 Å². The minimum atomic E-state index is -0.648. The second-order valence-corrected chi connectivity index (χ2v) is 10.4. The summed E-state index contributed by atoms with van der Waals surface area (Å²) >= 11 is 0. The monoisotopic (exact) mass is 496 g/mol. The Bertz CT molecular complexity index is 1230. The van der Waals surface area contributed by atoms with E-state index in [0.717, 1.165) is 32.5 Å². The summed E-state index contributed by atoms with van der Waals surface area (Å²) in [6.07, 6.45) is 3.09. The lowest BCUT2D eigenvalue weighted by Gasteiger charge is -2.35. The molecule has 0 atom stereocenters. The Kier molecular flexibility index (Phi) is 7.32. The number of carbonyl (C=O) groups is 1. The van der Waals surface area contributed by atoms with Gasteiger partial charge < -0.3 is 25.4 Å². The summed E-state index contributed by atoms with van der Waals surface area (Å²) in [4.78, 5) is 25.5. The summed E-state index contributed by atoms with van der Waals surface area (Å²) in [7, 11) is 4.28. The molecule has 1 aliphatic rings. The number of benzene rings is 1. The number of likely N-dealkylation sites (tertiary alicyclic amines) is 1. The molecule has 0 unspecified atom stereocenters.